The molecule has 0 radical (unpaired) electrons. The Morgan fingerprint density at radius 3 is 2.65 bits per heavy atom. The van der Waals surface area contributed by atoms with Crippen molar-refractivity contribution in [3.63, 3.8) is 0 Å². The van der Waals surface area contributed by atoms with Crippen molar-refractivity contribution in [2.75, 3.05) is 5.73 Å². The Bertz CT molecular complexity index is 761. The summed E-state index contributed by atoms with van der Waals surface area (Å²) in [7, 11) is 0. The number of rotatable bonds is 2. The van der Waals surface area contributed by atoms with Crippen LogP contribution in [0.2, 0.25) is 0 Å². The Morgan fingerprint density at radius 2 is 2.00 bits per heavy atom. The molecule has 0 aliphatic heterocycles. The maximum absolute atomic E-state index is 12.6. The van der Waals surface area contributed by atoms with E-state index in [9.17, 15) is 13.2 Å². The molecule has 0 spiro atoms. The quantitative estimate of drug-likeness (QED) is 0.779. The van der Waals surface area contributed by atoms with Crippen LogP contribution in [0.5, 0.6) is 0 Å². The zero-order valence-electron chi connectivity index (χ0n) is 9.94. The Hall–Kier alpha value is -1.67. The van der Waals surface area contributed by atoms with Crippen LogP contribution in [0, 0.1) is 0 Å². The van der Waals surface area contributed by atoms with E-state index in [1.807, 2.05) is 5.38 Å². The Morgan fingerprint density at radius 1 is 1.20 bits per heavy atom. The summed E-state index contributed by atoms with van der Waals surface area (Å²) in [6, 6.07) is 3.60. The summed E-state index contributed by atoms with van der Waals surface area (Å²) in [5.41, 5.74) is 6.00. The summed E-state index contributed by atoms with van der Waals surface area (Å²) in [6.07, 6.45) is -3.87. The molecule has 0 unspecified atom stereocenters. The van der Waals surface area contributed by atoms with E-state index in [-0.39, 0.29) is 0 Å². The number of alkyl halides is 3. The van der Waals surface area contributed by atoms with Crippen molar-refractivity contribution in [3.05, 3.63) is 39.8 Å². The molecule has 0 fully saturated rings. The van der Waals surface area contributed by atoms with Crippen LogP contribution < -0.4 is 5.73 Å². The van der Waals surface area contributed by atoms with E-state index >= 15 is 0 Å². The van der Waals surface area contributed by atoms with Gasteiger partial charge in [-0.05, 0) is 18.2 Å². The lowest BCUT2D eigenvalue weighted by Gasteiger charge is -2.04. The third-order valence-corrected chi connectivity index (χ3v) is 4.42. The average Bonchev–Trinajstić information content (AvgIpc) is 2.93. The molecule has 2 aromatic heterocycles. The molecule has 0 bridgehead atoms. The number of hydrogen-bond donors (Lipinski definition) is 1. The molecular formula is C12H8F3N3S2. The molecule has 2 heterocycles. The summed E-state index contributed by atoms with van der Waals surface area (Å²) < 4.78 is 38.6. The monoisotopic (exact) mass is 315 g/mol. The van der Waals surface area contributed by atoms with Crippen molar-refractivity contribution >= 4 is 38.0 Å². The van der Waals surface area contributed by atoms with Gasteiger partial charge in [0.2, 0.25) is 0 Å². The first-order valence-corrected chi connectivity index (χ1v) is 7.28. The zero-order valence-corrected chi connectivity index (χ0v) is 11.6. The van der Waals surface area contributed by atoms with Gasteiger partial charge in [-0.25, -0.2) is 9.97 Å². The molecule has 0 saturated carbocycles. The molecule has 0 aliphatic rings. The Kier molecular flexibility index (Phi) is 3.14. The van der Waals surface area contributed by atoms with Gasteiger partial charge in [-0.15, -0.1) is 22.7 Å². The number of fused-ring (bicyclic) bond motifs is 1. The SMILES string of the molecule is Nc1nc(Cc2nc3cc(C(F)(F)F)ccc3s2)cs1. The van der Waals surface area contributed by atoms with Crippen LogP contribution in [0.15, 0.2) is 23.6 Å². The minimum Gasteiger partial charge on any atom is -0.375 e. The molecule has 3 rings (SSSR count). The van der Waals surface area contributed by atoms with Crippen molar-refractivity contribution in [1.29, 1.82) is 0 Å². The average molecular weight is 315 g/mol. The fourth-order valence-electron chi connectivity index (χ4n) is 1.79. The number of halogens is 3. The van der Waals surface area contributed by atoms with Crippen LogP contribution >= 0.6 is 22.7 Å². The first-order chi connectivity index (χ1) is 9.41. The molecule has 20 heavy (non-hydrogen) atoms. The smallest absolute Gasteiger partial charge is 0.375 e. The van der Waals surface area contributed by atoms with E-state index in [2.05, 4.69) is 9.97 Å². The second-order valence-corrected chi connectivity index (χ2v) is 6.15. The van der Waals surface area contributed by atoms with Crippen molar-refractivity contribution in [2.45, 2.75) is 12.6 Å². The fraction of sp³-hybridized carbons (Fsp3) is 0.167. The van der Waals surface area contributed by atoms with Gasteiger partial charge in [0.1, 0.15) is 0 Å². The summed E-state index contributed by atoms with van der Waals surface area (Å²) in [6.45, 7) is 0. The minimum absolute atomic E-state index is 0.364. The van der Waals surface area contributed by atoms with E-state index in [0.29, 0.717) is 17.1 Å². The highest BCUT2D eigenvalue weighted by atomic mass is 32.1. The predicted molar refractivity (Wildman–Crippen MR) is 74.0 cm³/mol. The van der Waals surface area contributed by atoms with Crippen molar-refractivity contribution in [3.8, 4) is 0 Å². The highest BCUT2D eigenvalue weighted by Crippen LogP contribution is 2.33. The third-order valence-electron chi connectivity index (χ3n) is 2.66. The van der Waals surface area contributed by atoms with Crippen LogP contribution in [0.25, 0.3) is 10.2 Å². The normalized spacial score (nSPS) is 12.2. The lowest BCUT2D eigenvalue weighted by Crippen LogP contribution is -2.03. The van der Waals surface area contributed by atoms with E-state index in [1.165, 1.54) is 28.7 Å². The maximum Gasteiger partial charge on any atom is 0.416 e. The van der Waals surface area contributed by atoms with Gasteiger partial charge in [0.05, 0.1) is 26.5 Å². The van der Waals surface area contributed by atoms with Crippen molar-refractivity contribution in [1.82, 2.24) is 9.97 Å². The largest absolute Gasteiger partial charge is 0.416 e. The van der Waals surface area contributed by atoms with Crippen LogP contribution in [-0.4, -0.2) is 9.97 Å². The molecule has 0 aliphatic carbocycles. The lowest BCUT2D eigenvalue weighted by atomic mass is 10.2. The van der Waals surface area contributed by atoms with Gasteiger partial charge in [0.15, 0.2) is 5.13 Å². The number of nitrogens with two attached hydrogens (primary N) is 1. The summed E-state index contributed by atoms with van der Waals surface area (Å²) in [5, 5.41) is 3.02. The van der Waals surface area contributed by atoms with Crippen molar-refractivity contribution < 1.29 is 13.2 Å². The maximum atomic E-state index is 12.6. The van der Waals surface area contributed by atoms with Gasteiger partial charge in [-0.3, -0.25) is 0 Å². The molecular weight excluding hydrogens is 307 g/mol. The van der Waals surface area contributed by atoms with Crippen LogP contribution in [0.3, 0.4) is 0 Å². The Balaban J connectivity index is 1.94. The first kappa shape index (κ1) is 13.3. The molecule has 0 atom stereocenters. The summed E-state index contributed by atoms with van der Waals surface area (Å²) >= 11 is 2.70. The van der Waals surface area contributed by atoms with Crippen LogP contribution in [-0.2, 0) is 12.6 Å². The van der Waals surface area contributed by atoms with Gasteiger partial charge in [0, 0.05) is 11.8 Å². The summed E-state index contributed by atoms with van der Waals surface area (Å²) in [4.78, 5) is 8.35. The summed E-state index contributed by atoms with van der Waals surface area (Å²) in [5.74, 6) is 0. The topological polar surface area (TPSA) is 51.8 Å². The molecule has 104 valence electrons. The molecule has 0 saturated heterocycles. The molecule has 3 aromatic rings. The number of anilines is 1. The minimum atomic E-state index is -4.35. The van der Waals surface area contributed by atoms with Gasteiger partial charge < -0.3 is 5.73 Å². The number of hydrogen-bond acceptors (Lipinski definition) is 5. The number of thiazole rings is 2. The second kappa shape index (κ2) is 4.71. The van der Waals surface area contributed by atoms with Crippen LogP contribution in [0.1, 0.15) is 16.3 Å². The second-order valence-electron chi connectivity index (χ2n) is 4.14. The molecule has 8 heteroatoms. The van der Waals surface area contributed by atoms with Gasteiger partial charge >= 0.3 is 6.18 Å². The highest BCUT2D eigenvalue weighted by Gasteiger charge is 2.30. The van der Waals surface area contributed by atoms with Crippen LogP contribution in [0.4, 0.5) is 18.3 Å². The fourth-order valence-corrected chi connectivity index (χ4v) is 3.31. The molecule has 1 aromatic carbocycles. The molecule has 2 N–H and O–H groups in total. The van der Waals surface area contributed by atoms with E-state index in [0.717, 1.165) is 27.5 Å². The number of aromatic nitrogens is 2. The first-order valence-electron chi connectivity index (χ1n) is 5.58. The number of nitrogens with zero attached hydrogens (tertiary/aromatic N) is 2. The molecule has 0 amide bonds. The predicted octanol–water partition coefficient (Wildman–Crippen LogP) is 3.94. The number of benzene rings is 1. The van der Waals surface area contributed by atoms with Gasteiger partial charge in [-0.1, -0.05) is 0 Å². The van der Waals surface area contributed by atoms with Gasteiger partial charge in [0.25, 0.3) is 0 Å². The van der Waals surface area contributed by atoms with E-state index in [4.69, 9.17) is 5.73 Å². The van der Waals surface area contributed by atoms with Crippen molar-refractivity contribution in [2.24, 2.45) is 0 Å². The zero-order chi connectivity index (χ0) is 14.3. The van der Waals surface area contributed by atoms with E-state index < -0.39 is 11.7 Å². The lowest BCUT2D eigenvalue weighted by molar-refractivity contribution is -0.137. The highest BCUT2D eigenvalue weighted by molar-refractivity contribution is 7.18. The standard InChI is InChI=1S/C12H8F3N3S2/c13-12(14,15)6-1-2-9-8(3-6)18-10(20-9)4-7-5-19-11(16)17-7/h1-3,5H,4H2,(H2,16,17). The molecule has 3 nitrogen and oxygen atoms in total. The third kappa shape index (κ3) is 2.61. The van der Waals surface area contributed by atoms with E-state index in [1.54, 1.807) is 0 Å². The van der Waals surface area contributed by atoms with Gasteiger partial charge in [-0.2, -0.15) is 13.2 Å². The Labute approximate surface area is 119 Å². The number of nitrogen functional groups attached to an aromatic ring is 1.